The number of hydrogen-bond acceptors (Lipinski definition) is 3. The molecule has 102 valence electrons. The number of nitrogens with one attached hydrogen (secondary N) is 3. The largest absolute Gasteiger partial charge is 0.347 e. The van der Waals surface area contributed by atoms with Crippen LogP contribution in [-0.2, 0) is 4.79 Å². The van der Waals surface area contributed by atoms with E-state index >= 15 is 0 Å². The minimum Gasteiger partial charge on any atom is -0.347 e. The van der Waals surface area contributed by atoms with Crippen LogP contribution in [0.25, 0.3) is 22.7 Å². The van der Waals surface area contributed by atoms with Gasteiger partial charge in [-0.15, -0.1) is 0 Å². The first-order valence-electron chi connectivity index (χ1n) is 6.41. The molecule has 0 aromatic carbocycles. The van der Waals surface area contributed by atoms with E-state index in [0.29, 0.717) is 28.0 Å². The Bertz CT molecular complexity index is 965. The molecule has 0 unspecified atom stereocenters. The topological polar surface area (TPSA) is 90.6 Å². The lowest BCUT2D eigenvalue weighted by Gasteiger charge is -1.96. The van der Waals surface area contributed by atoms with Crippen LogP contribution in [0.2, 0.25) is 0 Å². The Hall–Kier alpha value is -3.15. The summed E-state index contributed by atoms with van der Waals surface area (Å²) in [5.41, 5.74) is 2.46. The number of hydrogen-bond donors (Lipinski definition) is 3. The number of pyridine rings is 2. The van der Waals surface area contributed by atoms with E-state index in [9.17, 15) is 9.59 Å². The number of carbonyl (C=O) groups excluding carboxylic acids is 1. The molecular weight excluding hydrogens is 268 g/mol. The predicted octanol–water partition coefficient (Wildman–Crippen LogP) is 1.74. The minimum absolute atomic E-state index is 0.0957. The summed E-state index contributed by atoms with van der Waals surface area (Å²) < 4.78 is 0. The highest BCUT2D eigenvalue weighted by atomic mass is 16.2. The van der Waals surface area contributed by atoms with Gasteiger partial charge in [-0.1, -0.05) is 0 Å². The molecule has 0 atom stereocenters. The Morgan fingerprint density at radius 1 is 1.14 bits per heavy atom. The highest BCUT2D eigenvalue weighted by molar-refractivity contribution is 6.34. The van der Waals surface area contributed by atoms with Crippen LogP contribution in [0.15, 0.2) is 41.6 Å². The molecule has 6 nitrogen and oxygen atoms in total. The molecule has 0 bridgehead atoms. The van der Waals surface area contributed by atoms with Crippen LogP contribution in [0.1, 0.15) is 11.1 Å². The van der Waals surface area contributed by atoms with E-state index < -0.39 is 0 Å². The van der Waals surface area contributed by atoms with Gasteiger partial charge in [-0.2, -0.15) is 0 Å². The maximum atomic E-state index is 12.1. The molecule has 3 aromatic rings. The van der Waals surface area contributed by atoms with Crippen molar-refractivity contribution in [2.24, 2.45) is 0 Å². The third-order valence-corrected chi connectivity index (χ3v) is 3.49. The van der Waals surface area contributed by atoms with E-state index in [1.54, 1.807) is 30.7 Å². The van der Waals surface area contributed by atoms with Crippen LogP contribution in [0.3, 0.4) is 0 Å². The number of H-pyrrole nitrogens is 2. The fraction of sp³-hybridized carbons (Fsp3) is 0. The Balaban J connectivity index is 1.95. The van der Waals surface area contributed by atoms with Gasteiger partial charge in [0.25, 0.3) is 5.91 Å². The molecule has 4 rings (SSSR count). The number of rotatable bonds is 1. The summed E-state index contributed by atoms with van der Waals surface area (Å²) >= 11 is 0. The second kappa shape index (κ2) is 4.17. The second-order valence-electron chi connectivity index (χ2n) is 4.75. The molecule has 0 saturated carbocycles. The molecular formula is C15H10N4O2. The van der Waals surface area contributed by atoms with Gasteiger partial charge in [-0.25, -0.2) is 4.98 Å². The fourth-order valence-electron chi connectivity index (χ4n) is 2.53. The molecule has 1 aliphatic rings. The van der Waals surface area contributed by atoms with Crippen molar-refractivity contribution in [3.05, 3.63) is 58.1 Å². The third-order valence-electron chi connectivity index (χ3n) is 3.49. The number of carbonyl (C=O) groups is 1. The van der Waals surface area contributed by atoms with E-state index in [4.69, 9.17) is 0 Å². The highest BCUT2D eigenvalue weighted by Crippen LogP contribution is 2.31. The van der Waals surface area contributed by atoms with Crippen molar-refractivity contribution in [1.29, 1.82) is 0 Å². The van der Waals surface area contributed by atoms with Crippen molar-refractivity contribution in [3.63, 3.8) is 0 Å². The van der Waals surface area contributed by atoms with Gasteiger partial charge >= 0.3 is 0 Å². The van der Waals surface area contributed by atoms with Crippen LogP contribution < -0.4 is 10.7 Å². The molecule has 21 heavy (non-hydrogen) atoms. The smallest absolute Gasteiger partial charge is 0.257 e. The van der Waals surface area contributed by atoms with E-state index in [1.165, 1.54) is 6.07 Å². The zero-order chi connectivity index (χ0) is 14.4. The van der Waals surface area contributed by atoms with Crippen LogP contribution in [-0.4, -0.2) is 20.9 Å². The molecule has 0 aliphatic carbocycles. The summed E-state index contributed by atoms with van der Waals surface area (Å²) in [6, 6.07) is 5.06. The summed E-state index contributed by atoms with van der Waals surface area (Å²) in [4.78, 5) is 34.1. The Morgan fingerprint density at radius 2 is 2.05 bits per heavy atom. The SMILES string of the molecule is O=C1Nc2ncccc2C1=Cc1c[nH]c2[nH]ccc(=O)c12. The molecule has 0 fully saturated rings. The maximum absolute atomic E-state index is 12.1. The summed E-state index contributed by atoms with van der Waals surface area (Å²) in [7, 11) is 0. The first kappa shape index (κ1) is 11.7. The molecule has 6 heteroatoms. The van der Waals surface area contributed by atoms with E-state index in [1.807, 2.05) is 6.07 Å². The van der Waals surface area contributed by atoms with Gasteiger partial charge in [-0.3, -0.25) is 9.59 Å². The average Bonchev–Trinajstić information content (AvgIpc) is 3.03. The van der Waals surface area contributed by atoms with E-state index in [-0.39, 0.29) is 11.3 Å². The number of nitrogens with zero attached hydrogens (tertiary/aromatic N) is 1. The lowest BCUT2D eigenvalue weighted by molar-refractivity contribution is -0.110. The minimum atomic E-state index is -0.217. The Morgan fingerprint density at radius 3 is 2.95 bits per heavy atom. The first-order valence-corrected chi connectivity index (χ1v) is 6.41. The monoisotopic (exact) mass is 278 g/mol. The van der Waals surface area contributed by atoms with Crippen LogP contribution >= 0.6 is 0 Å². The average molecular weight is 278 g/mol. The Kier molecular flexibility index (Phi) is 2.32. The third kappa shape index (κ3) is 1.69. The van der Waals surface area contributed by atoms with Gasteiger partial charge in [0, 0.05) is 35.8 Å². The number of amides is 1. The van der Waals surface area contributed by atoms with Crippen molar-refractivity contribution >= 4 is 34.4 Å². The quantitative estimate of drug-likeness (QED) is 0.592. The Labute approximate surface area is 118 Å². The highest BCUT2D eigenvalue weighted by Gasteiger charge is 2.25. The molecule has 0 radical (unpaired) electrons. The zero-order valence-electron chi connectivity index (χ0n) is 10.8. The normalized spacial score (nSPS) is 15.4. The van der Waals surface area contributed by atoms with E-state index in [2.05, 4.69) is 20.3 Å². The van der Waals surface area contributed by atoms with Crippen molar-refractivity contribution < 1.29 is 4.79 Å². The van der Waals surface area contributed by atoms with Crippen molar-refractivity contribution in [3.8, 4) is 0 Å². The summed E-state index contributed by atoms with van der Waals surface area (Å²) in [5.74, 6) is 0.327. The van der Waals surface area contributed by atoms with E-state index in [0.717, 1.165) is 5.56 Å². The molecule has 1 amide bonds. The van der Waals surface area contributed by atoms with Gasteiger partial charge in [0.05, 0.1) is 11.0 Å². The molecule has 0 saturated heterocycles. The number of anilines is 1. The molecule has 0 spiro atoms. The van der Waals surface area contributed by atoms with Crippen molar-refractivity contribution in [2.45, 2.75) is 0 Å². The summed E-state index contributed by atoms with van der Waals surface area (Å²) in [6.45, 7) is 0. The lowest BCUT2D eigenvalue weighted by Crippen LogP contribution is -2.04. The first-order chi connectivity index (χ1) is 10.2. The van der Waals surface area contributed by atoms with Gasteiger partial charge in [-0.05, 0) is 18.2 Å². The fourth-order valence-corrected chi connectivity index (χ4v) is 2.53. The van der Waals surface area contributed by atoms with Crippen LogP contribution in [0, 0.1) is 0 Å². The van der Waals surface area contributed by atoms with Gasteiger partial charge in [0.2, 0.25) is 0 Å². The molecule has 3 N–H and O–H groups in total. The number of aromatic amines is 2. The molecule has 4 heterocycles. The molecule has 1 aliphatic heterocycles. The van der Waals surface area contributed by atoms with Crippen LogP contribution in [0.5, 0.6) is 0 Å². The zero-order valence-corrected chi connectivity index (χ0v) is 10.8. The predicted molar refractivity (Wildman–Crippen MR) is 79.7 cm³/mol. The van der Waals surface area contributed by atoms with Crippen LogP contribution in [0.4, 0.5) is 5.82 Å². The van der Waals surface area contributed by atoms with Crippen molar-refractivity contribution in [1.82, 2.24) is 15.0 Å². The number of fused-ring (bicyclic) bond motifs is 2. The van der Waals surface area contributed by atoms with Crippen molar-refractivity contribution in [2.75, 3.05) is 5.32 Å². The number of aromatic nitrogens is 3. The van der Waals surface area contributed by atoms with Gasteiger partial charge < -0.3 is 15.3 Å². The molecule has 3 aromatic heterocycles. The maximum Gasteiger partial charge on any atom is 0.257 e. The second-order valence-corrected chi connectivity index (χ2v) is 4.75. The summed E-state index contributed by atoms with van der Waals surface area (Å²) in [5, 5.41) is 3.25. The lowest BCUT2D eigenvalue weighted by atomic mass is 10.1. The van der Waals surface area contributed by atoms with Gasteiger partial charge in [0.1, 0.15) is 11.5 Å². The van der Waals surface area contributed by atoms with Gasteiger partial charge in [0.15, 0.2) is 5.43 Å². The standard InChI is InChI=1S/C15H10N4O2/c20-11-3-5-17-14-12(11)8(7-18-14)6-10-9-2-1-4-16-13(9)19-15(10)21/h1-7H,(H,16,19,21)(H2,17,18,20). The summed E-state index contributed by atoms with van der Waals surface area (Å²) in [6.07, 6.45) is 6.62.